The summed E-state index contributed by atoms with van der Waals surface area (Å²) in [5.74, 6) is 0. The third kappa shape index (κ3) is 4.89. The number of hydrogen-bond donors (Lipinski definition) is 0. The van der Waals surface area contributed by atoms with Crippen LogP contribution in [-0.2, 0) is 24.8 Å². The van der Waals surface area contributed by atoms with Crippen molar-refractivity contribution in [3.63, 3.8) is 0 Å². The van der Waals surface area contributed by atoms with Crippen molar-refractivity contribution in [2.75, 3.05) is 49.5 Å². The highest BCUT2D eigenvalue weighted by molar-refractivity contribution is 7.93. The van der Waals surface area contributed by atoms with Crippen LogP contribution in [0, 0.1) is 0 Å². The number of nitrogens with zero attached hydrogens (tertiary/aromatic N) is 4. The fourth-order valence-corrected chi connectivity index (χ4v) is 6.80. The molecular weight excluding hydrogens is 504 g/mol. The minimum Gasteiger partial charge on any atom is -0.444 e. The summed E-state index contributed by atoms with van der Waals surface area (Å²) < 4.78 is 60.3. The predicted octanol–water partition coefficient (Wildman–Crippen LogP) is 2.57. The number of carbonyl (C=O) groups is 1. The van der Waals surface area contributed by atoms with Gasteiger partial charge >= 0.3 is 6.09 Å². The van der Waals surface area contributed by atoms with Gasteiger partial charge in [-0.15, -0.1) is 0 Å². The molecule has 4 rings (SSSR count). The second kappa shape index (κ2) is 9.24. The third-order valence-electron chi connectivity index (χ3n) is 6.16. The maximum Gasteiger partial charge on any atom is 0.410 e. The first-order valence-electron chi connectivity index (χ1n) is 11.6. The molecule has 10 nitrogen and oxygen atoms in total. The van der Waals surface area contributed by atoms with Crippen LogP contribution in [0.5, 0.6) is 0 Å². The fourth-order valence-electron chi connectivity index (χ4n) is 4.38. The number of amides is 1. The summed E-state index contributed by atoms with van der Waals surface area (Å²) in [4.78, 5) is 16.4. The Bertz CT molecular complexity index is 1350. The number of hydrogen-bond acceptors (Lipinski definition) is 7. The van der Waals surface area contributed by atoms with Gasteiger partial charge in [0, 0.05) is 33.7 Å². The molecule has 0 radical (unpaired) electrons. The van der Waals surface area contributed by atoms with Crippen molar-refractivity contribution in [3.05, 3.63) is 48.5 Å². The van der Waals surface area contributed by atoms with Gasteiger partial charge in [-0.25, -0.2) is 25.9 Å². The lowest BCUT2D eigenvalue weighted by Crippen LogP contribution is -2.61. The minimum atomic E-state index is -4.01. The number of carbonyl (C=O) groups excluding carboxylic acids is 1. The van der Waals surface area contributed by atoms with Crippen LogP contribution in [0.15, 0.2) is 58.3 Å². The zero-order valence-electron chi connectivity index (χ0n) is 21.1. The Balaban J connectivity index is 1.66. The normalized spacial score (nSPS) is 18.6. The Hall–Kier alpha value is -2.83. The molecule has 0 aliphatic carbocycles. The van der Waals surface area contributed by atoms with Crippen molar-refractivity contribution in [3.8, 4) is 0 Å². The van der Waals surface area contributed by atoms with Crippen LogP contribution < -0.4 is 9.21 Å². The monoisotopic (exact) mass is 536 g/mol. The van der Waals surface area contributed by atoms with Gasteiger partial charge in [0.15, 0.2) is 0 Å². The molecule has 0 bridgehead atoms. The van der Waals surface area contributed by atoms with E-state index in [0.29, 0.717) is 25.3 Å². The summed E-state index contributed by atoms with van der Waals surface area (Å²) in [5, 5.41) is 0. The van der Waals surface area contributed by atoms with Crippen molar-refractivity contribution in [1.29, 1.82) is 0 Å². The van der Waals surface area contributed by atoms with Crippen LogP contribution in [-0.4, -0.2) is 84.1 Å². The molecule has 1 saturated heterocycles. The van der Waals surface area contributed by atoms with Gasteiger partial charge in [0.05, 0.1) is 33.8 Å². The summed E-state index contributed by atoms with van der Waals surface area (Å²) in [6.45, 7) is 6.88. The maximum atomic E-state index is 13.8. The van der Waals surface area contributed by atoms with Crippen molar-refractivity contribution in [2.24, 2.45) is 0 Å². The van der Waals surface area contributed by atoms with Crippen molar-refractivity contribution < 1.29 is 26.4 Å². The van der Waals surface area contributed by atoms with E-state index in [0.717, 1.165) is 9.99 Å². The standard InChI is InChI=1S/C24H32N4O6S2/c1-24(2,3)34-23(29)26-14-15-27-18(16-26)17-28(22-9-7-6-8-21(22)27)36(32,33)20-12-10-19(11-13-20)35(30,31)25(4)5/h6-13,18H,14-17H2,1-5H3. The van der Waals surface area contributed by atoms with Gasteiger partial charge in [0.2, 0.25) is 10.0 Å². The molecule has 0 aromatic heterocycles. The van der Waals surface area contributed by atoms with E-state index in [1.165, 1.54) is 42.7 Å². The molecule has 2 aromatic carbocycles. The molecule has 1 amide bonds. The first-order chi connectivity index (χ1) is 16.7. The molecule has 0 N–H and O–H groups in total. The van der Waals surface area contributed by atoms with Gasteiger partial charge in [-0.2, -0.15) is 0 Å². The number of anilines is 2. The Morgan fingerprint density at radius 3 is 2.06 bits per heavy atom. The lowest BCUT2D eigenvalue weighted by molar-refractivity contribution is 0.0216. The number of rotatable bonds is 4. The molecule has 1 unspecified atom stereocenters. The van der Waals surface area contributed by atoms with Crippen LogP contribution in [0.2, 0.25) is 0 Å². The Morgan fingerprint density at radius 2 is 1.47 bits per heavy atom. The Labute approximate surface area is 213 Å². The second-order valence-electron chi connectivity index (χ2n) is 10.1. The number of fused-ring (bicyclic) bond motifs is 3. The van der Waals surface area contributed by atoms with Crippen LogP contribution >= 0.6 is 0 Å². The average molecular weight is 537 g/mol. The van der Waals surface area contributed by atoms with Crippen molar-refractivity contribution in [2.45, 2.75) is 42.2 Å². The van der Waals surface area contributed by atoms with Gasteiger partial charge in [-0.05, 0) is 57.2 Å². The highest BCUT2D eigenvalue weighted by Crippen LogP contribution is 2.39. The van der Waals surface area contributed by atoms with Gasteiger partial charge in [0.25, 0.3) is 10.0 Å². The molecule has 2 aliphatic heterocycles. The van der Waals surface area contributed by atoms with E-state index in [4.69, 9.17) is 4.74 Å². The van der Waals surface area contributed by atoms with E-state index in [1.54, 1.807) is 37.8 Å². The van der Waals surface area contributed by atoms with E-state index in [2.05, 4.69) is 4.90 Å². The summed E-state index contributed by atoms with van der Waals surface area (Å²) >= 11 is 0. The van der Waals surface area contributed by atoms with Gasteiger partial charge in [-0.1, -0.05) is 12.1 Å². The highest BCUT2D eigenvalue weighted by Gasteiger charge is 2.41. The zero-order chi connectivity index (χ0) is 26.5. The number of para-hydroxylation sites is 2. The van der Waals surface area contributed by atoms with Crippen LogP contribution in [0.3, 0.4) is 0 Å². The fraction of sp³-hybridized carbons (Fsp3) is 0.458. The minimum absolute atomic E-state index is 0.0109. The van der Waals surface area contributed by atoms with E-state index in [-0.39, 0.29) is 22.4 Å². The van der Waals surface area contributed by atoms with Gasteiger partial charge < -0.3 is 14.5 Å². The Kier molecular flexibility index (Phi) is 6.73. The van der Waals surface area contributed by atoms with E-state index < -0.39 is 31.7 Å². The van der Waals surface area contributed by atoms with Crippen LogP contribution in [0.25, 0.3) is 0 Å². The number of benzene rings is 2. The quantitative estimate of drug-likeness (QED) is 0.591. The van der Waals surface area contributed by atoms with E-state index in [9.17, 15) is 21.6 Å². The maximum absolute atomic E-state index is 13.8. The average Bonchev–Trinajstić information content (AvgIpc) is 2.82. The van der Waals surface area contributed by atoms with Gasteiger partial charge in [0.1, 0.15) is 5.60 Å². The summed E-state index contributed by atoms with van der Waals surface area (Å²) in [6.07, 6.45) is -0.423. The first kappa shape index (κ1) is 26.2. The van der Waals surface area contributed by atoms with Crippen molar-refractivity contribution in [1.82, 2.24) is 9.21 Å². The topological polar surface area (TPSA) is 108 Å². The summed E-state index contributed by atoms with van der Waals surface area (Å²) in [6, 6.07) is 12.2. The van der Waals surface area contributed by atoms with E-state index >= 15 is 0 Å². The van der Waals surface area contributed by atoms with Gasteiger partial charge in [-0.3, -0.25) is 4.31 Å². The van der Waals surface area contributed by atoms with Crippen LogP contribution in [0.1, 0.15) is 20.8 Å². The largest absolute Gasteiger partial charge is 0.444 e. The lowest BCUT2D eigenvalue weighted by atomic mass is 10.1. The third-order valence-corrected chi connectivity index (χ3v) is 9.78. The molecule has 0 saturated carbocycles. The second-order valence-corrected chi connectivity index (χ2v) is 14.1. The summed E-state index contributed by atoms with van der Waals surface area (Å²) in [5.41, 5.74) is 0.687. The Morgan fingerprint density at radius 1 is 0.889 bits per heavy atom. The number of ether oxygens (including phenoxy) is 1. The molecule has 1 fully saturated rings. The smallest absolute Gasteiger partial charge is 0.410 e. The molecule has 2 aliphatic rings. The first-order valence-corrected chi connectivity index (χ1v) is 14.5. The molecule has 36 heavy (non-hydrogen) atoms. The SMILES string of the molecule is CN(C)S(=O)(=O)c1ccc(S(=O)(=O)N2CC3CN(C(=O)OC(C)(C)C)CCN3c3ccccc32)cc1. The molecule has 12 heteroatoms. The van der Waals surface area contributed by atoms with Crippen LogP contribution in [0.4, 0.5) is 16.2 Å². The summed E-state index contributed by atoms with van der Waals surface area (Å²) in [7, 11) is -4.86. The van der Waals surface area contributed by atoms with Crippen molar-refractivity contribution >= 4 is 37.5 Å². The zero-order valence-corrected chi connectivity index (χ0v) is 22.7. The lowest BCUT2D eigenvalue weighted by Gasteiger charge is -2.48. The molecule has 0 spiro atoms. The number of sulfonamides is 2. The highest BCUT2D eigenvalue weighted by atomic mass is 32.2. The molecule has 1 atom stereocenters. The number of piperazine rings is 1. The molecule has 2 heterocycles. The molecular formula is C24H32N4O6S2. The molecule has 196 valence electrons. The van der Waals surface area contributed by atoms with E-state index in [1.807, 2.05) is 12.1 Å². The molecule has 2 aromatic rings. The predicted molar refractivity (Wildman–Crippen MR) is 137 cm³/mol.